The van der Waals surface area contributed by atoms with Crippen molar-refractivity contribution in [2.24, 2.45) is 0 Å². The minimum absolute atomic E-state index is 0.0605. The number of carbonyl (C=O) groups is 2. The molecule has 1 aliphatic heterocycles. The normalized spacial score (nSPS) is 16.0. The van der Waals surface area contributed by atoms with E-state index >= 15 is 0 Å². The van der Waals surface area contributed by atoms with E-state index < -0.39 is 35.5 Å². The Bertz CT molecular complexity index is 1100. The van der Waals surface area contributed by atoms with Gasteiger partial charge in [-0.2, -0.15) is 0 Å². The lowest BCUT2D eigenvalue weighted by molar-refractivity contribution is -0.122. The van der Waals surface area contributed by atoms with E-state index in [2.05, 4.69) is 20.4 Å². The first-order valence-corrected chi connectivity index (χ1v) is 8.89. The van der Waals surface area contributed by atoms with Gasteiger partial charge in [0.25, 0.3) is 0 Å². The first kappa shape index (κ1) is 18.9. The molecule has 0 unspecified atom stereocenters. The van der Waals surface area contributed by atoms with Crippen LogP contribution in [0, 0.1) is 17.5 Å². The molecule has 4 rings (SSSR count). The SMILES string of the molecule is O=C1N[C@H](C(=O)NCCc2c(-c3ccc(F)cc3)[nH]c3c(F)cc(F)cc23)CO1. The number of halogens is 3. The smallest absolute Gasteiger partial charge is 0.407 e. The second-order valence-electron chi connectivity index (χ2n) is 6.63. The molecule has 0 aliphatic carbocycles. The number of cyclic esters (lactones) is 1. The van der Waals surface area contributed by atoms with Crippen molar-refractivity contribution in [1.82, 2.24) is 15.6 Å². The summed E-state index contributed by atoms with van der Waals surface area (Å²) in [6, 6.07) is 6.81. The third-order valence-corrected chi connectivity index (χ3v) is 4.73. The van der Waals surface area contributed by atoms with Crippen molar-refractivity contribution in [3.05, 3.63) is 59.4 Å². The monoisotopic (exact) mass is 403 g/mol. The van der Waals surface area contributed by atoms with E-state index in [1.54, 1.807) is 0 Å². The van der Waals surface area contributed by atoms with Crippen molar-refractivity contribution < 1.29 is 27.5 Å². The first-order valence-electron chi connectivity index (χ1n) is 8.89. The van der Waals surface area contributed by atoms with Gasteiger partial charge >= 0.3 is 6.09 Å². The van der Waals surface area contributed by atoms with Crippen LogP contribution in [-0.2, 0) is 16.0 Å². The standard InChI is InChI=1S/C20H16F3N3O3/c21-11-3-1-10(2-4-11)17-13(14-7-12(22)8-15(23)18(14)26-17)5-6-24-19(27)16-9-29-20(28)25-16/h1-4,7-8,16,26H,5-6,9H2,(H,24,27)(H,25,28)/t16-/m0/s1. The third-order valence-electron chi connectivity index (χ3n) is 4.73. The number of aromatic amines is 1. The number of hydrogen-bond acceptors (Lipinski definition) is 3. The highest BCUT2D eigenvalue weighted by molar-refractivity contribution is 5.91. The summed E-state index contributed by atoms with van der Waals surface area (Å²) in [4.78, 5) is 26.1. The number of ether oxygens (including phenoxy) is 1. The number of nitrogens with one attached hydrogen (secondary N) is 3. The fourth-order valence-corrected chi connectivity index (χ4v) is 3.36. The molecule has 150 valence electrons. The maximum absolute atomic E-state index is 14.3. The molecule has 0 bridgehead atoms. The van der Waals surface area contributed by atoms with Crippen LogP contribution in [0.3, 0.4) is 0 Å². The lowest BCUT2D eigenvalue weighted by Crippen LogP contribution is -2.43. The predicted molar refractivity (Wildman–Crippen MR) is 98.6 cm³/mol. The Morgan fingerprint density at radius 3 is 2.59 bits per heavy atom. The van der Waals surface area contributed by atoms with Gasteiger partial charge in [0.05, 0.1) is 5.52 Å². The van der Waals surface area contributed by atoms with E-state index in [9.17, 15) is 22.8 Å². The Hall–Kier alpha value is -3.49. The third kappa shape index (κ3) is 3.75. The van der Waals surface area contributed by atoms with Gasteiger partial charge in [0.2, 0.25) is 5.91 Å². The molecule has 2 aromatic carbocycles. The Labute approximate surface area is 163 Å². The van der Waals surface area contributed by atoms with Crippen molar-refractivity contribution in [2.75, 3.05) is 13.2 Å². The van der Waals surface area contributed by atoms with Crippen LogP contribution >= 0.6 is 0 Å². The number of carbonyl (C=O) groups excluding carboxylic acids is 2. The molecule has 1 atom stereocenters. The van der Waals surface area contributed by atoms with Crippen LogP contribution < -0.4 is 10.6 Å². The van der Waals surface area contributed by atoms with Crippen molar-refractivity contribution in [2.45, 2.75) is 12.5 Å². The molecule has 0 radical (unpaired) electrons. The largest absolute Gasteiger partial charge is 0.447 e. The molecule has 3 N–H and O–H groups in total. The molecular formula is C20H16F3N3O3. The number of H-pyrrole nitrogens is 1. The van der Waals surface area contributed by atoms with Crippen LogP contribution in [0.15, 0.2) is 36.4 Å². The van der Waals surface area contributed by atoms with Gasteiger partial charge in [-0.25, -0.2) is 18.0 Å². The lowest BCUT2D eigenvalue weighted by Gasteiger charge is -2.10. The summed E-state index contributed by atoms with van der Waals surface area (Å²) < 4.78 is 46.0. The molecule has 0 saturated carbocycles. The van der Waals surface area contributed by atoms with Gasteiger partial charge in [-0.15, -0.1) is 0 Å². The second-order valence-corrected chi connectivity index (χ2v) is 6.63. The molecule has 0 spiro atoms. The average Bonchev–Trinajstić information content (AvgIpc) is 3.27. The van der Waals surface area contributed by atoms with Crippen LogP contribution in [0.25, 0.3) is 22.2 Å². The van der Waals surface area contributed by atoms with Crippen molar-refractivity contribution in [3.8, 4) is 11.3 Å². The number of alkyl carbamates (subject to hydrolysis) is 1. The van der Waals surface area contributed by atoms with Crippen LogP contribution in [0.5, 0.6) is 0 Å². The average molecular weight is 403 g/mol. The van der Waals surface area contributed by atoms with Gasteiger partial charge in [-0.05, 0) is 47.9 Å². The number of fused-ring (bicyclic) bond motifs is 1. The van der Waals surface area contributed by atoms with E-state index in [1.165, 1.54) is 30.3 Å². The minimum atomic E-state index is -0.781. The summed E-state index contributed by atoms with van der Waals surface area (Å²) >= 11 is 0. The minimum Gasteiger partial charge on any atom is -0.447 e. The lowest BCUT2D eigenvalue weighted by atomic mass is 10.0. The highest BCUT2D eigenvalue weighted by atomic mass is 19.1. The van der Waals surface area contributed by atoms with Crippen LogP contribution in [0.2, 0.25) is 0 Å². The van der Waals surface area contributed by atoms with E-state index in [0.29, 0.717) is 22.2 Å². The van der Waals surface area contributed by atoms with Gasteiger partial charge in [0, 0.05) is 23.7 Å². The molecule has 2 heterocycles. The quantitative estimate of drug-likeness (QED) is 0.613. The van der Waals surface area contributed by atoms with Gasteiger partial charge in [0.1, 0.15) is 30.1 Å². The second kappa shape index (κ2) is 7.50. The fourth-order valence-electron chi connectivity index (χ4n) is 3.36. The topological polar surface area (TPSA) is 83.2 Å². The molecule has 1 fully saturated rings. The first-order chi connectivity index (χ1) is 13.9. The summed E-state index contributed by atoms with van der Waals surface area (Å²) in [5.74, 6) is -2.31. The maximum atomic E-state index is 14.3. The highest BCUT2D eigenvalue weighted by Gasteiger charge is 2.28. The van der Waals surface area contributed by atoms with Crippen LogP contribution in [0.4, 0.5) is 18.0 Å². The zero-order valence-electron chi connectivity index (χ0n) is 15.0. The Morgan fingerprint density at radius 2 is 1.90 bits per heavy atom. The Kier molecular flexibility index (Phi) is 4.87. The van der Waals surface area contributed by atoms with E-state index in [-0.39, 0.29) is 25.1 Å². The van der Waals surface area contributed by atoms with Crippen LogP contribution in [-0.4, -0.2) is 36.2 Å². The van der Waals surface area contributed by atoms with Gasteiger partial charge < -0.3 is 20.4 Å². The van der Waals surface area contributed by atoms with Crippen molar-refractivity contribution in [1.29, 1.82) is 0 Å². The Morgan fingerprint density at radius 1 is 1.14 bits per heavy atom. The molecule has 6 nitrogen and oxygen atoms in total. The molecule has 9 heteroatoms. The molecule has 29 heavy (non-hydrogen) atoms. The molecular weight excluding hydrogens is 387 g/mol. The summed E-state index contributed by atoms with van der Waals surface area (Å²) in [6.45, 7) is 0.0967. The number of hydrogen-bond donors (Lipinski definition) is 3. The van der Waals surface area contributed by atoms with E-state index in [0.717, 1.165) is 6.07 Å². The predicted octanol–water partition coefficient (Wildman–Crippen LogP) is 3.02. The zero-order chi connectivity index (χ0) is 20.5. The van der Waals surface area contributed by atoms with Gasteiger partial charge in [0.15, 0.2) is 0 Å². The summed E-state index contributed by atoms with van der Waals surface area (Å²) in [5, 5.41) is 5.38. The van der Waals surface area contributed by atoms with Gasteiger partial charge in [-0.1, -0.05) is 0 Å². The highest BCUT2D eigenvalue weighted by Crippen LogP contribution is 2.32. The number of benzene rings is 2. The summed E-state index contributed by atoms with van der Waals surface area (Å²) in [6.07, 6.45) is -0.408. The van der Waals surface area contributed by atoms with Gasteiger partial charge in [-0.3, -0.25) is 4.79 Å². The van der Waals surface area contributed by atoms with E-state index in [1.807, 2.05) is 0 Å². The molecule has 1 aliphatic rings. The molecule has 3 aromatic rings. The Balaban J connectivity index is 1.62. The molecule has 1 saturated heterocycles. The molecule has 1 aromatic heterocycles. The zero-order valence-corrected chi connectivity index (χ0v) is 15.0. The number of amides is 2. The summed E-state index contributed by atoms with van der Waals surface area (Å²) in [5.41, 5.74) is 1.82. The number of aromatic nitrogens is 1. The van der Waals surface area contributed by atoms with Crippen LogP contribution in [0.1, 0.15) is 5.56 Å². The number of rotatable bonds is 5. The fraction of sp³-hybridized carbons (Fsp3) is 0.200. The molecule has 2 amide bonds. The maximum Gasteiger partial charge on any atom is 0.407 e. The van der Waals surface area contributed by atoms with E-state index in [4.69, 9.17) is 0 Å². The summed E-state index contributed by atoms with van der Waals surface area (Å²) in [7, 11) is 0. The van der Waals surface area contributed by atoms with Crippen molar-refractivity contribution >= 4 is 22.9 Å². The van der Waals surface area contributed by atoms with Crippen molar-refractivity contribution in [3.63, 3.8) is 0 Å².